The summed E-state index contributed by atoms with van der Waals surface area (Å²) in [5, 5.41) is 1.18. The molecule has 0 aromatic heterocycles. The highest BCUT2D eigenvalue weighted by molar-refractivity contribution is 7.80. The fourth-order valence-electron chi connectivity index (χ4n) is 0.852. The van der Waals surface area contributed by atoms with Crippen molar-refractivity contribution in [2.45, 2.75) is 18.2 Å². The van der Waals surface area contributed by atoms with Crippen LogP contribution >= 0.6 is 35.8 Å². The Hall–Kier alpha value is 0.150. The van der Waals surface area contributed by atoms with Gasteiger partial charge in [-0.15, -0.1) is 12.6 Å². The Morgan fingerprint density at radius 3 is 2.45 bits per heavy atom. The van der Waals surface area contributed by atoms with E-state index in [1.807, 2.05) is 19.1 Å². The van der Waals surface area contributed by atoms with E-state index in [2.05, 4.69) is 12.6 Å². The van der Waals surface area contributed by atoms with Gasteiger partial charge < -0.3 is 0 Å². The molecular formula is C8H8Cl2S. The zero-order valence-corrected chi connectivity index (χ0v) is 8.47. The van der Waals surface area contributed by atoms with Gasteiger partial charge in [-0.2, -0.15) is 0 Å². The van der Waals surface area contributed by atoms with Crippen LogP contribution in [0.4, 0.5) is 0 Å². The molecule has 0 radical (unpaired) electrons. The summed E-state index contributed by atoms with van der Waals surface area (Å²) in [5.74, 6) is 0. The van der Waals surface area contributed by atoms with Crippen LogP contribution in [0, 0.1) is 0 Å². The molecule has 0 amide bonds. The van der Waals surface area contributed by atoms with Crippen molar-refractivity contribution >= 4 is 35.8 Å². The maximum atomic E-state index is 5.92. The van der Waals surface area contributed by atoms with Gasteiger partial charge >= 0.3 is 0 Å². The topological polar surface area (TPSA) is 0 Å². The minimum Gasteiger partial charge on any atom is -0.142 e. The predicted molar refractivity (Wildman–Crippen MR) is 53.1 cm³/mol. The Balaban J connectivity index is 3.25. The molecule has 0 spiro atoms. The fraction of sp³-hybridized carbons (Fsp3) is 0.250. The van der Waals surface area contributed by atoms with Gasteiger partial charge in [-0.25, -0.2) is 0 Å². The summed E-state index contributed by atoms with van der Waals surface area (Å²) >= 11 is 15.9. The molecule has 1 rings (SSSR count). The lowest BCUT2D eigenvalue weighted by Crippen LogP contribution is -1.83. The number of hydrogen-bond donors (Lipinski definition) is 1. The number of halogens is 2. The second-order valence-electron chi connectivity index (χ2n) is 2.23. The molecule has 0 bridgehead atoms. The van der Waals surface area contributed by atoms with Gasteiger partial charge in [-0.3, -0.25) is 0 Å². The molecule has 0 saturated heterocycles. The minimum atomic E-state index is 0.550. The van der Waals surface area contributed by atoms with Crippen LogP contribution in [0.15, 0.2) is 17.0 Å². The van der Waals surface area contributed by atoms with Gasteiger partial charge in [0, 0.05) is 4.90 Å². The molecule has 0 N–H and O–H groups in total. The standard InChI is InChI=1S/C8H8Cl2S/c1-2-5-3-4-6(11)8(10)7(5)9/h3-4,11H,2H2,1H3. The van der Waals surface area contributed by atoms with Gasteiger partial charge in [0.2, 0.25) is 0 Å². The summed E-state index contributed by atoms with van der Waals surface area (Å²) < 4.78 is 0. The van der Waals surface area contributed by atoms with Crippen molar-refractivity contribution in [3.8, 4) is 0 Å². The van der Waals surface area contributed by atoms with E-state index in [1.54, 1.807) is 0 Å². The lowest BCUT2D eigenvalue weighted by Gasteiger charge is -2.04. The molecule has 0 aliphatic rings. The lowest BCUT2D eigenvalue weighted by atomic mass is 10.2. The van der Waals surface area contributed by atoms with Gasteiger partial charge in [-0.05, 0) is 18.1 Å². The molecule has 0 atom stereocenters. The van der Waals surface area contributed by atoms with Crippen LogP contribution in [0.1, 0.15) is 12.5 Å². The summed E-state index contributed by atoms with van der Waals surface area (Å²) in [5.41, 5.74) is 1.06. The number of aryl methyl sites for hydroxylation is 1. The first-order valence-electron chi connectivity index (χ1n) is 3.32. The van der Waals surface area contributed by atoms with Crippen LogP contribution < -0.4 is 0 Å². The minimum absolute atomic E-state index is 0.550. The zero-order chi connectivity index (χ0) is 8.43. The number of thiol groups is 1. The van der Waals surface area contributed by atoms with E-state index in [4.69, 9.17) is 23.2 Å². The number of benzene rings is 1. The summed E-state index contributed by atoms with van der Waals surface area (Å²) in [6.07, 6.45) is 0.895. The van der Waals surface area contributed by atoms with Gasteiger partial charge in [0.05, 0.1) is 10.0 Å². The van der Waals surface area contributed by atoms with E-state index in [0.29, 0.717) is 10.0 Å². The van der Waals surface area contributed by atoms with Gasteiger partial charge in [-0.1, -0.05) is 36.2 Å². The quantitative estimate of drug-likeness (QED) is 0.664. The molecule has 11 heavy (non-hydrogen) atoms. The van der Waals surface area contributed by atoms with Crippen LogP contribution in [0.3, 0.4) is 0 Å². The van der Waals surface area contributed by atoms with Crippen molar-refractivity contribution < 1.29 is 0 Å². The first kappa shape index (κ1) is 9.24. The SMILES string of the molecule is CCc1ccc(S)c(Cl)c1Cl. The molecule has 3 heteroatoms. The first-order chi connectivity index (χ1) is 5.16. The second-order valence-corrected chi connectivity index (χ2v) is 3.46. The number of hydrogen-bond acceptors (Lipinski definition) is 1. The Kier molecular flexibility index (Phi) is 3.11. The maximum absolute atomic E-state index is 5.92. The third kappa shape index (κ3) is 1.84. The van der Waals surface area contributed by atoms with E-state index in [-0.39, 0.29) is 0 Å². The molecule has 0 unspecified atom stereocenters. The van der Waals surface area contributed by atoms with Crippen molar-refractivity contribution in [1.29, 1.82) is 0 Å². The molecule has 0 aliphatic heterocycles. The molecular weight excluding hydrogens is 199 g/mol. The summed E-state index contributed by atoms with van der Waals surface area (Å²) in [6, 6.07) is 3.80. The highest BCUT2D eigenvalue weighted by atomic mass is 35.5. The third-order valence-electron chi connectivity index (χ3n) is 1.52. The zero-order valence-electron chi connectivity index (χ0n) is 6.06. The first-order valence-corrected chi connectivity index (χ1v) is 4.53. The average molecular weight is 207 g/mol. The predicted octanol–water partition coefficient (Wildman–Crippen LogP) is 3.84. The van der Waals surface area contributed by atoms with Crippen molar-refractivity contribution in [3.63, 3.8) is 0 Å². The van der Waals surface area contributed by atoms with Crippen molar-refractivity contribution in [3.05, 3.63) is 27.7 Å². The molecule has 1 aromatic rings. The van der Waals surface area contributed by atoms with E-state index in [9.17, 15) is 0 Å². The molecule has 60 valence electrons. The van der Waals surface area contributed by atoms with E-state index in [1.165, 1.54) is 0 Å². The number of rotatable bonds is 1. The third-order valence-corrected chi connectivity index (χ3v) is 2.95. The molecule has 1 aromatic carbocycles. The fourth-order valence-corrected chi connectivity index (χ4v) is 1.59. The molecule has 0 aliphatic carbocycles. The Morgan fingerprint density at radius 2 is 1.91 bits per heavy atom. The smallest absolute Gasteiger partial charge is 0.0728 e. The summed E-state index contributed by atoms with van der Waals surface area (Å²) in [7, 11) is 0. The Bertz CT molecular complexity index is 271. The summed E-state index contributed by atoms with van der Waals surface area (Å²) in [6.45, 7) is 2.04. The monoisotopic (exact) mass is 206 g/mol. The van der Waals surface area contributed by atoms with Crippen molar-refractivity contribution in [2.24, 2.45) is 0 Å². The van der Waals surface area contributed by atoms with Gasteiger partial charge in [0.15, 0.2) is 0 Å². The van der Waals surface area contributed by atoms with E-state index < -0.39 is 0 Å². The maximum Gasteiger partial charge on any atom is 0.0728 e. The molecule has 0 nitrogen and oxygen atoms in total. The normalized spacial score (nSPS) is 10.2. The Morgan fingerprint density at radius 1 is 1.27 bits per heavy atom. The highest BCUT2D eigenvalue weighted by Gasteiger charge is 2.05. The second kappa shape index (κ2) is 3.70. The van der Waals surface area contributed by atoms with Crippen LogP contribution in [0.5, 0.6) is 0 Å². The van der Waals surface area contributed by atoms with E-state index in [0.717, 1.165) is 16.9 Å². The molecule has 0 saturated carbocycles. The van der Waals surface area contributed by atoms with Crippen LogP contribution in [0.2, 0.25) is 10.0 Å². The molecule has 0 fully saturated rings. The van der Waals surface area contributed by atoms with Crippen LogP contribution in [-0.4, -0.2) is 0 Å². The average Bonchev–Trinajstić information content (AvgIpc) is 2.01. The molecule has 0 heterocycles. The largest absolute Gasteiger partial charge is 0.142 e. The van der Waals surface area contributed by atoms with Crippen molar-refractivity contribution in [2.75, 3.05) is 0 Å². The Labute approximate surface area is 81.9 Å². The van der Waals surface area contributed by atoms with E-state index >= 15 is 0 Å². The van der Waals surface area contributed by atoms with Crippen LogP contribution in [0.25, 0.3) is 0 Å². The summed E-state index contributed by atoms with van der Waals surface area (Å²) in [4.78, 5) is 0.730. The van der Waals surface area contributed by atoms with Gasteiger partial charge in [0.25, 0.3) is 0 Å². The van der Waals surface area contributed by atoms with Gasteiger partial charge in [0.1, 0.15) is 0 Å². The lowest BCUT2D eigenvalue weighted by molar-refractivity contribution is 1.13. The van der Waals surface area contributed by atoms with Crippen LogP contribution in [-0.2, 0) is 6.42 Å². The van der Waals surface area contributed by atoms with Crippen molar-refractivity contribution in [1.82, 2.24) is 0 Å². The highest BCUT2D eigenvalue weighted by Crippen LogP contribution is 2.31.